The van der Waals surface area contributed by atoms with E-state index in [1.54, 1.807) is 14.2 Å². The number of fused-ring (bicyclic) bond motifs is 1. The molecule has 0 saturated heterocycles. The van der Waals surface area contributed by atoms with Crippen LogP contribution in [0.15, 0.2) is 41.4 Å². The first kappa shape index (κ1) is 29.2. The van der Waals surface area contributed by atoms with Crippen LogP contribution in [0.4, 0.5) is 5.69 Å². The first-order valence-corrected chi connectivity index (χ1v) is 11.0. The predicted octanol–water partition coefficient (Wildman–Crippen LogP) is 3.93. The van der Waals surface area contributed by atoms with Gasteiger partial charge in [0, 0.05) is 33.0 Å². The van der Waals surface area contributed by atoms with Crippen LogP contribution in [0.25, 0.3) is 0 Å². The van der Waals surface area contributed by atoms with Gasteiger partial charge in [-0.25, -0.2) is 0 Å². The first-order chi connectivity index (χ1) is 13.8. The monoisotopic (exact) mass is 628 g/mol. The Labute approximate surface area is 198 Å². The minimum absolute atomic E-state index is 0. The van der Waals surface area contributed by atoms with E-state index in [1.165, 1.54) is 5.56 Å². The molecule has 175 valence electrons. The van der Waals surface area contributed by atoms with Crippen LogP contribution >= 0.6 is 0 Å². The number of nitrogens with zero attached hydrogens (tertiary/aromatic N) is 1. The van der Waals surface area contributed by atoms with E-state index >= 15 is 0 Å². The van der Waals surface area contributed by atoms with Gasteiger partial charge in [0.1, 0.15) is 12.4 Å². The number of rotatable bonds is 6. The van der Waals surface area contributed by atoms with Gasteiger partial charge >= 0.3 is 0 Å². The van der Waals surface area contributed by atoms with Crippen molar-refractivity contribution in [1.82, 2.24) is 0 Å². The fourth-order valence-corrected chi connectivity index (χ4v) is 2.79. The zero-order valence-electron chi connectivity index (χ0n) is 18.2. The van der Waals surface area contributed by atoms with Crippen LogP contribution in [0.5, 0.6) is 11.5 Å². The second-order valence-electron chi connectivity index (χ2n) is 6.41. The Balaban J connectivity index is 0.00000116. The van der Waals surface area contributed by atoms with Crippen molar-refractivity contribution in [2.45, 2.75) is 19.3 Å². The minimum Gasteiger partial charge on any atom is -0.511 e. The molecule has 0 spiro atoms. The second-order valence-corrected chi connectivity index (χ2v) is 7.87. The average Bonchev–Trinajstić information content (AvgIpc) is 2.68. The quantitative estimate of drug-likeness (QED) is 0.297. The smallest absolute Gasteiger partial charge is 0.261 e. The summed E-state index contributed by atoms with van der Waals surface area (Å²) < 4.78 is 41.8. The van der Waals surface area contributed by atoms with Crippen molar-refractivity contribution in [3.63, 3.8) is 0 Å². The van der Waals surface area contributed by atoms with Gasteiger partial charge in [-0.05, 0) is 36.4 Å². The van der Waals surface area contributed by atoms with Crippen molar-refractivity contribution in [3.8, 4) is 11.5 Å². The van der Waals surface area contributed by atoms with Crippen molar-refractivity contribution in [2.24, 2.45) is 4.99 Å². The Morgan fingerprint density at radius 2 is 1.71 bits per heavy atom. The first-order valence-electron chi connectivity index (χ1n) is 9.11. The zero-order chi connectivity index (χ0) is 21.3. The number of ether oxygens (including phenoxy) is 3. The third-order valence-corrected chi connectivity index (χ3v) is 4.03. The minimum atomic E-state index is -3.67. The molecule has 0 atom stereocenters. The Morgan fingerprint density at radius 3 is 2.29 bits per heavy atom. The van der Waals surface area contributed by atoms with E-state index in [-0.39, 0.29) is 27.5 Å². The van der Waals surface area contributed by atoms with E-state index in [0.29, 0.717) is 19.5 Å². The number of aliphatic imine (C=N–C) groups is 1. The van der Waals surface area contributed by atoms with E-state index in [9.17, 15) is 8.42 Å². The summed E-state index contributed by atoms with van der Waals surface area (Å²) in [6.07, 6.45) is 3.84. The molecule has 0 bridgehead atoms. The molecule has 1 aliphatic rings. The third kappa shape index (κ3) is 10.9. The number of hydrogen-bond donors (Lipinski definition) is 1. The van der Waals surface area contributed by atoms with Crippen molar-refractivity contribution >= 4 is 21.5 Å². The van der Waals surface area contributed by atoms with E-state index in [0.717, 1.165) is 47.7 Å². The molecule has 0 aliphatic heterocycles. The van der Waals surface area contributed by atoms with Gasteiger partial charge < -0.3 is 26.6 Å². The maximum absolute atomic E-state index is 9.19. The predicted molar refractivity (Wildman–Crippen MR) is 119 cm³/mol. The molecule has 1 radical (unpaired) electrons. The van der Waals surface area contributed by atoms with Crippen molar-refractivity contribution < 1.29 is 47.3 Å². The molecule has 1 aliphatic carbocycles. The standard InChI is InChI=1S/C20H22NO3.CH4O3S.CH3.Ir/c1-22-12-13-24-18-9-6-15-4-3-5-20(19(15)14-18)21-16-7-10-17(23-2)11-8-16;1-5(2,3)4;;/h6-11H,3-5,12-13H2,1-2H3;1H3,(H,2,3,4);1H3;/q-1;;-1;. The summed E-state index contributed by atoms with van der Waals surface area (Å²) in [5.74, 6) is 1.58. The van der Waals surface area contributed by atoms with E-state index < -0.39 is 10.1 Å². The van der Waals surface area contributed by atoms with Gasteiger partial charge in [0.05, 0.1) is 25.7 Å². The molecule has 7 nitrogen and oxygen atoms in total. The zero-order valence-corrected chi connectivity index (χ0v) is 21.4. The van der Waals surface area contributed by atoms with Gasteiger partial charge in [0.25, 0.3) is 10.1 Å². The fourth-order valence-electron chi connectivity index (χ4n) is 2.79. The van der Waals surface area contributed by atoms with Gasteiger partial charge in [-0.3, -0.25) is 4.55 Å². The Hall–Kier alpha value is -1.77. The topological polar surface area (TPSA) is 94.4 Å². The molecular weight excluding hydrogens is 599 g/mol. The summed E-state index contributed by atoms with van der Waals surface area (Å²) in [5, 5.41) is 0. The molecule has 0 heterocycles. The largest absolute Gasteiger partial charge is 0.511 e. The number of benzene rings is 2. The maximum Gasteiger partial charge on any atom is 0.261 e. The van der Waals surface area contributed by atoms with Crippen molar-refractivity contribution in [2.75, 3.05) is 33.7 Å². The summed E-state index contributed by atoms with van der Waals surface area (Å²) >= 11 is 0. The van der Waals surface area contributed by atoms with Gasteiger partial charge in [-0.1, -0.05) is 18.9 Å². The van der Waals surface area contributed by atoms with Gasteiger partial charge in [0.15, 0.2) is 0 Å². The summed E-state index contributed by atoms with van der Waals surface area (Å²) in [7, 11) is -0.335. The van der Waals surface area contributed by atoms with Crippen molar-refractivity contribution in [1.29, 1.82) is 0 Å². The Kier molecular flexibility index (Phi) is 13.5. The molecule has 2 aromatic carbocycles. The van der Waals surface area contributed by atoms with Crippen LogP contribution in [0.3, 0.4) is 0 Å². The fraction of sp³-hybridized carbons (Fsp3) is 0.364. The summed E-state index contributed by atoms with van der Waals surface area (Å²) in [4.78, 5) is 4.82. The molecule has 0 amide bonds. The van der Waals surface area contributed by atoms with Crippen LogP contribution in [-0.4, -0.2) is 52.4 Å². The molecule has 0 saturated carbocycles. The third-order valence-electron chi connectivity index (χ3n) is 4.03. The normalized spacial score (nSPS) is 13.6. The molecule has 0 aromatic heterocycles. The van der Waals surface area contributed by atoms with Crippen LogP contribution in [0, 0.1) is 13.5 Å². The molecule has 0 unspecified atom stereocenters. The summed E-state index contributed by atoms with van der Waals surface area (Å²) in [6.45, 7) is 1.09. The molecule has 3 rings (SSSR count). The summed E-state index contributed by atoms with van der Waals surface area (Å²) in [5.41, 5.74) is 4.36. The van der Waals surface area contributed by atoms with E-state index in [1.807, 2.05) is 30.3 Å². The van der Waals surface area contributed by atoms with Crippen LogP contribution in [0.2, 0.25) is 0 Å². The molecule has 2 aromatic rings. The molecular formula is C22H29IrNO6S-2. The van der Waals surface area contributed by atoms with Crippen LogP contribution in [-0.2, 0) is 41.4 Å². The SMILES string of the molecule is COCCOc1[c-]c2c(cc1)CCCC2=Nc1ccc(OC)cc1.CS(=O)(=O)O.[CH3-].[Ir]. The second kappa shape index (κ2) is 14.3. The Morgan fingerprint density at radius 1 is 1.06 bits per heavy atom. The summed E-state index contributed by atoms with van der Waals surface area (Å²) in [6, 6.07) is 15.3. The van der Waals surface area contributed by atoms with Crippen molar-refractivity contribution in [3.05, 3.63) is 61.0 Å². The van der Waals surface area contributed by atoms with Gasteiger partial charge in [-0.15, -0.1) is 23.3 Å². The van der Waals surface area contributed by atoms with E-state index in [2.05, 4.69) is 12.1 Å². The maximum atomic E-state index is 9.19. The number of aryl methyl sites for hydroxylation is 1. The average molecular weight is 628 g/mol. The van der Waals surface area contributed by atoms with E-state index in [4.69, 9.17) is 23.8 Å². The molecule has 31 heavy (non-hydrogen) atoms. The molecule has 0 fully saturated rings. The molecule has 9 heteroatoms. The Bertz CT molecular complexity index is 922. The number of hydrogen-bond acceptors (Lipinski definition) is 6. The van der Waals surface area contributed by atoms with Gasteiger partial charge in [-0.2, -0.15) is 8.42 Å². The van der Waals surface area contributed by atoms with Crippen LogP contribution < -0.4 is 9.47 Å². The van der Waals surface area contributed by atoms with Gasteiger partial charge in [0.2, 0.25) is 0 Å². The molecule has 1 N–H and O–H groups in total. The van der Waals surface area contributed by atoms with Crippen LogP contribution in [0.1, 0.15) is 24.0 Å². The number of methoxy groups -OCH3 is 2.